The number of hydrogen-bond acceptors (Lipinski definition) is 5. The van der Waals surface area contributed by atoms with Gasteiger partial charge in [-0.3, -0.25) is 4.31 Å². The quantitative estimate of drug-likeness (QED) is 0.797. The van der Waals surface area contributed by atoms with Crippen molar-refractivity contribution in [2.75, 3.05) is 24.8 Å². The van der Waals surface area contributed by atoms with Gasteiger partial charge < -0.3 is 14.2 Å². The lowest BCUT2D eigenvalue weighted by Gasteiger charge is -2.26. The van der Waals surface area contributed by atoms with Crippen LogP contribution in [0.1, 0.15) is 23.6 Å². The zero-order valence-electron chi connectivity index (χ0n) is 15.6. The van der Waals surface area contributed by atoms with Crippen LogP contribution in [0.3, 0.4) is 0 Å². The molecular formula is C19H23NO5S. The maximum absolute atomic E-state index is 13.5. The van der Waals surface area contributed by atoms with Gasteiger partial charge in [-0.1, -0.05) is 0 Å². The van der Waals surface area contributed by atoms with Crippen LogP contribution in [0.4, 0.5) is 5.69 Å². The number of ether oxygens (including phenoxy) is 3. The fraction of sp³-hybridized carbons (Fsp3) is 0.368. The average Bonchev–Trinajstić information content (AvgIpc) is 3.06. The van der Waals surface area contributed by atoms with Crippen LogP contribution in [0.15, 0.2) is 29.2 Å². The molecule has 26 heavy (non-hydrogen) atoms. The van der Waals surface area contributed by atoms with E-state index in [-0.39, 0.29) is 6.79 Å². The third-order valence-electron chi connectivity index (χ3n) is 4.68. The lowest BCUT2D eigenvalue weighted by molar-refractivity contribution is 0.174. The molecule has 7 heteroatoms. The van der Waals surface area contributed by atoms with Gasteiger partial charge >= 0.3 is 0 Å². The highest BCUT2D eigenvalue weighted by Crippen LogP contribution is 2.38. The number of aryl methyl sites for hydroxylation is 1. The zero-order chi connectivity index (χ0) is 19.1. The largest absolute Gasteiger partial charge is 0.496 e. The van der Waals surface area contributed by atoms with Crippen molar-refractivity contribution in [3.8, 4) is 17.2 Å². The van der Waals surface area contributed by atoms with E-state index in [1.165, 1.54) is 4.31 Å². The second-order valence-corrected chi connectivity index (χ2v) is 7.98. The van der Waals surface area contributed by atoms with Crippen LogP contribution in [0.2, 0.25) is 0 Å². The van der Waals surface area contributed by atoms with E-state index in [0.717, 1.165) is 5.56 Å². The molecule has 2 aromatic rings. The summed E-state index contributed by atoms with van der Waals surface area (Å²) in [5, 5.41) is 0. The van der Waals surface area contributed by atoms with E-state index in [1.807, 2.05) is 20.8 Å². The minimum atomic E-state index is -3.75. The molecule has 0 aromatic heterocycles. The van der Waals surface area contributed by atoms with Gasteiger partial charge in [-0.15, -0.1) is 0 Å². The predicted molar refractivity (Wildman–Crippen MR) is 100.0 cm³/mol. The molecule has 0 fully saturated rings. The highest BCUT2D eigenvalue weighted by molar-refractivity contribution is 7.93. The first-order chi connectivity index (χ1) is 12.3. The Morgan fingerprint density at radius 2 is 1.77 bits per heavy atom. The summed E-state index contributed by atoms with van der Waals surface area (Å²) in [5.74, 6) is 1.86. The molecule has 0 unspecified atom stereocenters. The summed E-state index contributed by atoms with van der Waals surface area (Å²) in [6, 6.07) is 6.93. The minimum Gasteiger partial charge on any atom is -0.496 e. The van der Waals surface area contributed by atoms with E-state index in [0.29, 0.717) is 45.5 Å². The Labute approximate surface area is 154 Å². The van der Waals surface area contributed by atoms with Crippen LogP contribution >= 0.6 is 0 Å². The van der Waals surface area contributed by atoms with Gasteiger partial charge in [0.1, 0.15) is 5.75 Å². The molecule has 0 saturated heterocycles. The monoisotopic (exact) mass is 377 g/mol. The molecule has 140 valence electrons. The summed E-state index contributed by atoms with van der Waals surface area (Å²) < 4.78 is 44.4. The van der Waals surface area contributed by atoms with Crippen molar-refractivity contribution < 1.29 is 22.6 Å². The third kappa shape index (κ3) is 2.86. The Morgan fingerprint density at radius 1 is 1.08 bits per heavy atom. The molecule has 3 rings (SSSR count). The molecule has 0 atom stereocenters. The maximum Gasteiger partial charge on any atom is 0.264 e. The molecule has 0 N–H and O–H groups in total. The number of methoxy groups -OCH3 is 1. The Balaban J connectivity index is 2.13. The number of benzene rings is 2. The molecule has 1 aliphatic rings. The van der Waals surface area contributed by atoms with Crippen molar-refractivity contribution >= 4 is 15.7 Å². The van der Waals surface area contributed by atoms with Crippen molar-refractivity contribution in [1.29, 1.82) is 0 Å². The Kier molecular flexibility index (Phi) is 4.75. The maximum atomic E-state index is 13.5. The van der Waals surface area contributed by atoms with Crippen LogP contribution in [0.5, 0.6) is 17.2 Å². The smallest absolute Gasteiger partial charge is 0.264 e. The fourth-order valence-electron chi connectivity index (χ4n) is 3.27. The van der Waals surface area contributed by atoms with Crippen LogP contribution in [-0.2, 0) is 10.0 Å². The second-order valence-electron chi connectivity index (χ2n) is 6.18. The van der Waals surface area contributed by atoms with E-state index >= 15 is 0 Å². The third-order valence-corrected chi connectivity index (χ3v) is 6.87. The number of sulfonamides is 1. The summed E-state index contributed by atoms with van der Waals surface area (Å²) >= 11 is 0. The first-order valence-corrected chi connectivity index (χ1v) is 9.82. The molecule has 0 spiro atoms. The van der Waals surface area contributed by atoms with Gasteiger partial charge in [0.15, 0.2) is 11.5 Å². The molecule has 0 saturated carbocycles. The van der Waals surface area contributed by atoms with E-state index in [1.54, 1.807) is 38.3 Å². The number of hydrogen-bond donors (Lipinski definition) is 0. The van der Waals surface area contributed by atoms with Crippen molar-refractivity contribution in [1.82, 2.24) is 0 Å². The zero-order valence-corrected chi connectivity index (χ0v) is 16.4. The molecule has 2 aromatic carbocycles. The Bertz CT molecular complexity index is 953. The molecule has 6 nitrogen and oxygen atoms in total. The molecule has 1 aliphatic heterocycles. The van der Waals surface area contributed by atoms with Crippen LogP contribution in [-0.4, -0.2) is 28.9 Å². The molecular weight excluding hydrogens is 354 g/mol. The van der Waals surface area contributed by atoms with Gasteiger partial charge in [0, 0.05) is 12.6 Å². The summed E-state index contributed by atoms with van der Waals surface area (Å²) in [7, 11) is -2.17. The lowest BCUT2D eigenvalue weighted by Crippen LogP contribution is -2.32. The van der Waals surface area contributed by atoms with Gasteiger partial charge in [-0.2, -0.15) is 0 Å². The average molecular weight is 377 g/mol. The molecule has 0 radical (unpaired) electrons. The summed E-state index contributed by atoms with van der Waals surface area (Å²) in [4.78, 5) is 0.315. The number of anilines is 1. The van der Waals surface area contributed by atoms with Crippen LogP contribution in [0.25, 0.3) is 0 Å². The summed E-state index contributed by atoms with van der Waals surface area (Å²) in [6.07, 6.45) is 0. The van der Waals surface area contributed by atoms with Crippen molar-refractivity contribution in [2.24, 2.45) is 0 Å². The Hall–Kier alpha value is -2.41. The minimum absolute atomic E-state index is 0.146. The van der Waals surface area contributed by atoms with Crippen LogP contribution < -0.4 is 18.5 Å². The topological polar surface area (TPSA) is 65.1 Å². The van der Waals surface area contributed by atoms with Gasteiger partial charge in [0.05, 0.1) is 17.7 Å². The molecule has 0 aliphatic carbocycles. The normalized spacial score (nSPS) is 13.0. The molecule has 1 heterocycles. The van der Waals surface area contributed by atoms with Gasteiger partial charge in [0.25, 0.3) is 10.0 Å². The van der Waals surface area contributed by atoms with Crippen molar-refractivity contribution in [3.63, 3.8) is 0 Å². The molecule has 0 bridgehead atoms. The lowest BCUT2D eigenvalue weighted by atomic mass is 10.1. The number of nitrogens with zero attached hydrogens (tertiary/aromatic N) is 1. The van der Waals surface area contributed by atoms with Gasteiger partial charge in [-0.05, 0) is 62.6 Å². The first-order valence-electron chi connectivity index (χ1n) is 8.38. The number of rotatable bonds is 5. The first kappa shape index (κ1) is 18.4. The van der Waals surface area contributed by atoms with Crippen LogP contribution in [0, 0.1) is 20.8 Å². The standard InChI is InChI=1S/C19H23NO5S/c1-6-20(15-7-8-16-18(10-15)25-11-24-16)26(21,22)19-12(2)9-17(23-5)13(3)14(19)4/h7-10H,6,11H2,1-5H3. The highest BCUT2D eigenvalue weighted by Gasteiger charge is 2.30. The van der Waals surface area contributed by atoms with Gasteiger partial charge in [0.2, 0.25) is 6.79 Å². The fourth-order valence-corrected chi connectivity index (χ4v) is 5.23. The van der Waals surface area contributed by atoms with Crippen molar-refractivity contribution in [3.05, 3.63) is 41.0 Å². The van der Waals surface area contributed by atoms with E-state index < -0.39 is 10.0 Å². The predicted octanol–water partition coefficient (Wildman–Crippen LogP) is 3.56. The SMILES string of the molecule is CCN(c1ccc2c(c1)OCO2)S(=O)(=O)c1c(C)cc(OC)c(C)c1C. The summed E-state index contributed by atoms with van der Waals surface area (Å²) in [5.41, 5.74) is 2.72. The highest BCUT2D eigenvalue weighted by atomic mass is 32.2. The van der Waals surface area contributed by atoms with Gasteiger partial charge in [-0.25, -0.2) is 8.42 Å². The van der Waals surface area contributed by atoms with Crippen molar-refractivity contribution in [2.45, 2.75) is 32.6 Å². The molecule has 0 amide bonds. The number of fused-ring (bicyclic) bond motifs is 1. The van der Waals surface area contributed by atoms with E-state index in [4.69, 9.17) is 14.2 Å². The second kappa shape index (κ2) is 6.72. The van der Waals surface area contributed by atoms with E-state index in [9.17, 15) is 8.42 Å². The summed E-state index contributed by atoms with van der Waals surface area (Å²) in [6.45, 7) is 7.71. The van der Waals surface area contributed by atoms with E-state index in [2.05, 4.69) is 0 Å². The Morgan fingerprint density at radius 3 is 2.42 bits per heavy atom.